The first-order chi connectivity index (χ1) is 7.43. The van der Waals surface area contributed by atoms with Crippen molar-refractivity contribution in [1.29, 1.82) is 0 Å². The van der Waals surface area contributed by atoms with Gasteiger partial charge in [-0.3, -0.25) is 0 Å². The maximum Gasteiger partial charge on any atom is 0.144 e. The number of furan rings is 1. The first-order valence-electron chi connectivity index (χ1n) is 4.95. The molecule has 1 aromatic heterocycles. The number of anilines is 1. The van der Waals surface area contributed by atoms with Gasteiger partial charge in [0, 0.05) is 5.56 Å². The van der Waals surface area contributed by atoms with Crippen molar-refractivity contribution in [3.8, 4) is 5.75 Å². The van der Waals surface area contributed by atoms with Crippen molar-refractivity contribution in [2.75, 3.05) is 11.9 Å². The third-order valence-corrected chi connectivity index (χ3v) is 2.55. The Balaban J connectivity index is 1.89. The highest BCUT2D eigenvalue weighted by Crippen LogP contribution is 2.33. The second-order valence-electron chi connectivity index (χ2n) is 3.54. The molecule has 2 heterocycles. The van der Waals surface area contributed by atoms with Crippen LogP contribution in [0.2, 0.25) is 0 Å². The fraction of sp³-hybridized carbons (Fsp3) is 0.167. The van der Waals surface area contributed by atoms with Crippen molar-refractivity contribution in [1.82, 2.24) is 0 Å². The molecule has 0 saturated heterocycles. The lowest BCUT2D eigenvalue weighted by atomic mass is 10.1. The molecule has 0 fully saturated rings. The Morgan fingerprint density at radius 2 is 2.13 bits per heavy atom. The van der Waals surface area contributed by atoms with Crippen LogP contribution < -0.4 is 10.1 Å². The summed E-state index contributed by atoms with van der Waals surface area (Å²) in [6.07, 6.45) is 3.43. The van der Waals surface area contributed by atoms with Gasteiger partial charge in [-0.25, -0.2) is 0 Å². The number of benzene rings is 1. The molecule has 1 aliphatic rings. The van der Waals surface area contributed by atoms with Gasteiger partial charge >= 0.3 is 0 Å². The summed E-state index contributed by atoms with van der Waals surface area (Å²) in [5.41, 5.74) is 2.12. The first-order valence-corrected chi connectivity index (χ1v) is 4.95. The highest BCUT2D eigenvalue weighted by atomic mass is 16.5. The summed E-state index contributed by atoms with van der Waals surface area (Å²) in [7, 11) is 0. The highest BCUT2D eigenvalue weighted by molar-refractivity contribution is 5.58. The molecular formula is C12H11NO2. The number of nitrogens with one attached hydrogen (secondary N) is 1. The molecule has 1 unspecified atom stereocenters. The van der Waals surface area contributed by atoms with Crippen molar-refractivity contribution in [2.45, 2.75) is 6.10 Å². The van der Waals surface area contributed by atoms with Gasteiger partial charge in [0.1, 0.15) is 11.9 Å². The van der Waals surface area contributed by atoms with E-state index < -0.39 is 0 Å². The molecule has 2 aromatic rings. The number of hydrogen-bond acceptors (Lipinski definition) is 3. The molecule has 15 heavy (non-hydrogen) atoms. The topological polar surface area (TPSA) is 34.4 Å². The summed E-state index contributed by atoms with van der Waals surface area (Å²) in [6.45, 7) is 0.774. The average Bonchev–Trinajstić information content (AvgIpc) is 2.82. The fourth-order valence-corrected chi connectivity index (χ4v) is 1.76. The third-order valence-electron chi connectivity index (χ3n) is 2.55. The van der Waals surface area contributed by atoms with E-state index in [4.69, 9.17) is 9.15 Å². The van der Waals surface area contributed by atoms with Crippen LogP contribution in [0.1, 0.15) is 11.7 Å². The van der Waals surface area contributed by atoms with E-state index in [2.05, 4.69) is 5.32 Å². The molecule has 3 rings (SSSR count). The molecule has 1 N–H and O–H groups in total. The molecule has 0 radical (unpaired) electrons. The molecule has 0 saturated carbocycles. The van der Waals surface area contributed by atoms with Gasteiger partial charge in [0.15, 0.2) is 0 Å². The van der Waals surface area contributed by atoms with Crippen LogP contribution in [0.15, 0.2) is 47.3 Å². The van der Waals surface area contributed by atoms with Crippen LogP contribution >= 0.6 is 0 Å². The van der Waals surface area contributed by atoms with E-state index in [1.807, 2.05) is 30.3 Å². The molecule has 0 spiro atoms. The molecule has 3 nitrogen and oxygen atoms in total. The van der Waals surface area contributed by atoms with E-state index >= 15 is 0 Å². The highest BCUT2D eigenvalue weighted by Gasteiger charge is 2.20. The van der Waals surface area contributed by atoms with E-state index in [0.717, 1.165) is 23.5 Å². The summed E-state index contributed by atoms with van der Waals surface area (Å²) in [5.74, 6) is 0.898. The van der Waals surface area contributed by atoms with Crippen molar-refractivity contribution >= 4 is 5.69 Å². The fourth-order valence-electron chi connectivity index (χ4n) is 1.76. The number of rotatable bonds is 1. The zero-order valence-electron chi connectivity index (χ0n) is 8.14. The van der Waals surface area contributed by atoms with Crippen LogP contribution in [-0.4, -0.2) is 6.54 Å². The molecule has 3 heteroatoms. The van der Waals surface area contributed by atoms with Crippen molar-refractivity contribution < 1.29 is 9.15 Å². The van der Waals surface area contributed by atoms with E-state index in [1.165, 1.54) is 0 Å². The number of fused-ring (bicyclic) bond motifs is 1. The van der Waals surface area contributed by atoms with E-state index in [-0.39, 0.29) is 6.10 Å². The summed E-state index contributed by atoms with van der Waals surface area (Å²) in [4.78, 5) is 0. The summed E-state index contributed by atoms with van der Waals surface area (Å²) in [6, 6.07) is 9.88. The minimum Gasteiger partial charge on any atom is -0.482 e. The minimum atomic E-state index is 0.0404. The smallest absolute Gasteiger partial charge is 0.144 e. The van der Waals surface area contributed by atoms with E-state index in [0.29, 0.717) is 0 Å². The van der Waals surface area contributed by atoms with Gasteiger partial charge in [0.25, 0.3) is 0 Å². The van der Waals surface area contributed by atoms with Crippen LogP contribution in [0.25, 0.3) is 0 Å². The maximum atomic E-state index is 5.85. The average molecular weight is 201 g/mol. The SMILES string of the molecule is c1ccc2c(c1)NCC(c1ccoc1)O2. The quantitative estimate of drug-likeness (QED) is 0.770. The Hall–Kier alpha value is -1.90. The lowest BCUT2D eigenvalue weighted by molar-refractivity contribution is 0.209. The van der Waals surface area contributed by atoms with Crippen molar-refractivity contribution in [2.24, 2.45) is 0 Å². The molecular weight excluding hydrogens is 190 g/mol. The zero-order chi connectivity index (χ0) is 10.1. The van der Waals surface area contributed by atoms with Crippen LogP contribution in [0.3, 0.4) is 0 Å². The van der Waals surface area contributed by atoms with Gasteiger partial charge < -0.3 is 14.5 Å². The van der Waals surface area contributed by atoms with Gasteiger partial charge in [0.2, 0.25) is 0 Å². The zero-order valence-corrected chi connectivity index (χ0v) is 8.14. The Labute approximate surface area is 87.7 Å². The molecule has 76 valence electrons. The summed E-state index contributed by atoms with van der Waals surface area (Å²) in [5, 5.41) is 3.33. The Morgan fingerprint density at radius 1 is 1.20 bits per heavy atom. The molecule has 0 bridgehead atoms. The minimum absolute atomic E-state index is 0.0404. The molecule has 0 aliphatic carbocycles. The predicted octanol–water partition coefficient (Wildman–Crippen LogP) is 2.83. The summed E-state index contributed by atoms with van der Waals surface area (Å²) < 4.78 is 10.9. The van der Waals surface area contributed by atoms with Gasteiger partial charge in [-0.2, -0.15) is 0 Å². The van der Waals surface area contributed by atoms with Crippen LogP contribution in [0, 0.1) is 0 Å². The molecule has 0 amide bonds. The Bertz CT molecular complexity index is 450. The molecule has 1 aromatic carbocycles. The number of hydrogen-bond donors (Lipinski definition) is 1. The van der Waals surface area contributed by atoms with Crippen LogP contribution in [-0.2, 0) is 0 Å². The predicted molar refractivity (Wildman–Crippen MR) is 57.0 cm³/mol. The number of para-hydroxylation sites is 2. The monoisotopic (exact) mass is 201 g/mol. The third kappa shape index (κ3) is 1.46. The second-order valence-corrected chi connectivity index (χ2v) is 3.54. The number of ether oxygens (including phenoxy) is 1. The second kappa shape index (κ2) is 3.35. The first kappa shape index (κ1) is 8.41. The van der Waals surface area contributed by atoms with E-state index in [9.17, 15) is 0 Å². The van der Waals surface area contributed by atoms with Gasteiger partial charge in [-0.1, -0.05) is 12.1 Å². The lowest BCUT2D eigenvalue weighted by Crippen LogP contribution is -2.22. The lowest BCUT2D eigenvalue weighted by Gasteiger charge is -2.26. The summed E-state index contributed by atoms with van der Waals surface area (Å²) >= 11 is 0. The van der Waals surface area contributed by atoms with Gasteiger partial charge in [-0.15, -0.1) is 0 Å². The normalized spacial score (nSPS) is 18.8. The molecule has 1 atom stereocenters. The standard InChI is InChI=1S/C12H11NO2/c1-2-4-11-10(3-1)13-7-12(15-11)9-5-6-14-8-9/h1-6,8,12-13H,7H2. The largest absolute Gasteiger partial charge is 0.482 e. The maximum absolute atomic E-state index is 5.85. The molecule has 1 aliphatic heterocycles. The van der Waals surface area contributed by atoms with Crippen LogP contribution in [0.4, 0.5) is 5.69 Å². The van der Waals surface area contributed by atoms with E-state index in [1.54, 1.807) is 12.5 Å². The Morgan fingerprint density at radius 3 is 3.00 bits per heavy atom. The van der Waals surface area contributed by atoms with Gasteiger partial charge in [0.05, 0.1) is 24.8 Å². The van der Waals surface area contributed by atoms with Crippen LogP contribution in [0.5, 0.6) is 5.75 Å². The van der Waals surface area contributed by atoms with Gasteiger partial charge in [-0.05, 0) is 18.2 Å². The van der Waals surface area contributed by atoms with Crippen molar-refractivity contribution in [3.05, 3.63) is 48.4 Å². The Kier molecular flexibility index (Phi) is 1.88. The van der Waals surface area contributed by atoms with Crippen molar-refractivity contribution in [3.63, 3.8) is 0 Å².